The predicted octanol–water partition coefficient (Wildman–Crippen LogP) is 0.108. The van der Waals surface area contributed by atoms with Crippen LogP contribution in [0, 0.1) is 0 Å². The minimum absolute atomic E-state index is 0.261. The van der Waals surface area contributed by atoms with E-state index in [0.29, 0.717) is 11.4 Å². The molecule has 0 spiro atoms. The molecule has 2 heterocycles. The largest absolute Gasteiger partial charge is 0.365 e. The van der Waals surface area contributed by atoms with Crippen molar-refractivity contribution in [1.82, 2.24) is 4.98 Å². The number of carbonyl (C=O) groups is 1. The highest BCUT2D eigenvalue weighted by Crippen LogP contribution is 2.20. The van der Waals surface area contributed by atoms with E-state index in [-0.39, 0.29) is 6.04 Å². The smallest absolute Gasteiger partial charge is 0.252 e. The normalized spacial score (nSPS) is 17.4. The highest BCUT2D eigenvalue weighted by Gasteiger charge is 2.20. The number of hydrogen-bond acceptors (Lipinski definition) is 4. The molecule has 0 unspecified atom stereocenters. The number of pyridine rings is 1. The highest BCUT2D eigenvalue weighted by atomic mass is 16.1. The zero-order valence-corrected chi connectivity index (χ0v) is 9.10. The van der Waals surface area contributed by atoms with Crippen LogP contribution < -0.4 is 16.4 Å². The van der Waals surface area contributed by atoms with Crippen LogP contribution in [-0.4, -0.2) is 30.0 Å². The maximum absolute atomic E-state index is 11.3. The van der Waals surface area contributed by atoms with Gasteiger partial charge in [-0.3, -0.25) is 4.79 Å². The summed E-state index contributed by atoms with van der Waals surface area (Å²) in [5.74, 6) is 0.250. The summed E-state index contributed by atoms with van der Waals surface area (Å²) in [4.78, 5) is 17.6. The van der Waals surface area contributed by atoms with E-state index in [1.165, 1.54) is 0 Å². The number of amides is 1. The topological polar surface area (TPSA) is 85.2 Å². The number of primary amides is 1. The van der Waals surface area contributed by atoms with Gasteiger partial charge in [0, 0.05) is 25.3 Å². The van der Waals surface area contributed by atoms with Gasteiger partial charge in [0.05, 0.1) is 5.56 Å². The molecule has 1 aromatic heterocycles. The molecule has 5 heteroatoms. The molecule has 0 atom stereocenters. The lowest BCUT2D eigenvalue weighted by Crippen LogP contribution is -2.40. The van der Waals surface area contributed by atoms with Crippen molar-refractivity contribution in [1.29, 1.82) is 0 Å². The Morgan fingerprint density at radius 3 is 2.75 bits per heavy atom. The fraction of sp³-hybridized carbons (Fsp3) is 0.455. The molecule has 1 fully saturated rings. The molecule has 1 saturated heterocycles. The van der Waals surface area contributed by atoms with Gasteiger partial charge in [-0.05, 0) is 25.0 Å². The van der Waals surface area contributed by atoms with Crippen LogP contribution >= 0.6 is 0 Å². The molecule has 86 valence electrons. The van der Waals surface area contributed by atoms with Crippen molar-refractivity contribution in [3.05, 3.63) is 23.9 Å². The van der Waals surface area contributed by atoms with Crippen LogP contribution in [0.3, 0.4) is 0 Å². The van der Waals surface area contributed by atoms with Crippen LogP contribution in [0.15, 0.2) is 18.3 Å². The van der Waals surface area contributed by atoms with Crippen molar-refractivity contribution >= 4 is 11.7 Å². The van der Waals surface area contributed by atoms with Crippen LogP contribution in [0.2, 0.25) is 0 Å². The summed E-state index contributed by atoms with van der Waals surface area (Å²) >= 11 is 0. The molecule has 5 nitrogen and oxygen atoms in total. The lowest BCUT2D eigenvalue weighted by molar-refractivity contribution is 0.100. The summed E-state index contributed by atoms with van der Waals surface area (Å²) in [6, 6.07) is 3.69. The molecule has 1 amide bonds. The molecule has 0 bridgehead atoms. The van der Waals surface area contributed by atoms with E-state index in [1.54, 1.807) is 18.3 Å². The van der Waals surface area contributed by atoms with Crippen LogP contribution in [0.4, 0.5) is 5.82 Å². The Bertz CT molecular complexity index is 385. The van der Waals surface area contributed by atoms with Gasteiger partial charge in [0.15, 0.2) is 0 Å². The summed E-state index contributed by atoms with van der Waals surface area (Å²) in [7, 11) is 0. The third-order valence-corrected chi connectivity index (χ3v) is 2.89. The molecule has 1 aliphatic heterocycles. The van der Waals surface area contributed by atoms with Gasteiger partial charge in [0.1, 0.15) is 5.82 Å². The van der Waals surface area contributed by atoms with Crippen molar-refractivity contribution in [2.24, 2.45) is 11.5 Å². The monoisotopic (exact) mass is 220 g/mol. The molecule has 2 rings (SSSR count). The Hall–Kier alpha value is -1.62. The Morgan fingerprint density at radius 2 is 2.12 bits per heavy atom. The first-order chi connectivity index (χ1) is 7.68. The first-order valence-electron chi connectivity index (χ1n) is 5.44. The minimum atomic E-state index is -0.432. The SMILES string of the molecule is NC(=O)c1cccnc1N1CCC(N)CC1. The fourth-order valence-corrected chi connectivity index (χ4v) is 1.95. The number of aromatic nitrogens is 1. The molecule has 0 aliphatic carbocycles. The number of carbonyl (C=O) groups excluding carboxylic acids is 1. The molecule has 0 radical (unpaired) electrons. The second kappa shape index (κ2) is 4.49. The van der Waals surface area contributed by atoms with E-state index in [0.717, 1.165) is 25.9 Å². The average molecular weight is 220 g/mol. The summed E-state index contributed by atoms with van der Waals surface area (Å²) in [6.07, 6.45) is 3.53. The third kappa shape index (κ3) is 2.14. The van der Waals surface area contributed by atoms with Crippen molar-refractivity contribution in [3.63, 3.8) is 0 Å². The van der Waals surface area contributed by atoms with Gasteiger partial charge in [-0.2, -0.15) is 0 Å². The van der Waals surface area contributed by atoms with Gasteiger partial charge < -0.3 is 16.4 Å². The van der Waals surface area contributed by atoms with Crippen molar-refractivity contribution < 1.29 is 4.79 Å². The summed E-state index contributed by atoms with van der Waals surface area (Å²) < 4.78 is 0. The third-order valence-electron chi connectivity index (χ3n) is 2.89. The van der Waals surface area contributed by atoms with E-state index in [1.807, 2.05) is 0 Å². The first kappa shape index (κ1) is 10.9. The summed E-state index contributed by atoms with van der Waals surface area (Å²) in [6.45, 7) is 1.66. The maximum Gasteiger partial charge on any atom is 0.252 e. The van der Waals surface area contributed by atoms with Crippen LogP contribution in [-0.2, 0) is 0 Å². The van der Waals surface area contributed by atoms with Crippen LogP contribution in [0.1, 0.15) is 23.2 Å². The van der Waals surface area contributed by atoms with Gasteiger partial charge in [-0.15, -0.1) is 0 Å². The maximum atomic E-state index is 11.3. The van der Waals surface area contributed by atoms with Gasteiger partial charge in [0.25, 0.3) is 5.91 Å². The summed E-state index contributed by atoms with van der Waals surface area (Å²) in [5, 5.41) is 0. The quantitative estimate of drug-likeness (QED) is 0.740. The van der Waals surface area contributed by atoms with E-state index in [2.05, 4.69) is 9.88 Å². The summed E-state index contributed by atoms with van der Waals surface area (Å²) in [5.41, 5.74) is 11.6. The first-order valence-corrected chi connectivity index (χ1v) is 5.44. The molecule has 16 heavy (non-hydrogen) atoms. The Balaban J connectivity index is 2.23. The van der Waals surface area contributed by atoms with E-state index in [4.69, 9.17) is 11.5 Å². The minimum Gasteiger partial charge on any atom is -0.365 e. The predicted molar refractivity (Wildman–Crippen MR) is 62.2 cm³/mol. The molecule has 1 aromatic rings. The Morgan fingerprint density at radius 1 is 1.44 bits per heavy atom. The van der Waals surface area contributed by atoms with Gasteiger partial charge in [-0.25, -0.2) is 4.98 Å². The number of hydrogen-bond donors (Lipinski definition) is 2. The Labute approximate surface area is 94.4 Å². The van der Waals surface area contributed by atoms with E-state index in [9.17, 15) is 4.79 Å². The number of piperidine rings is 1. The standard InChI is InChI=1S/C11H16N4O/c12-8-3-6-15(7-4-8)11-9(10(13)16)2-1-5-14-11/h1-2,5,8H,3-4,6-7,12H2,(H2,13,16). The van der Waals surface area contributed by atoms with Gasteiger partial charge >= 0.3 is 0 Å². The lowest BCUT2D eigenvalue weighted by atomic mass is 10.1. The zero-order valence-electron chi connectivity index (χ0n) is 9.10. The van der Waals surface area contributed by atoms with E-state index < -0.39 is 5.91 Å². The molecule has 4 N–H and O–H groups in total. The number of nitrogens with two attached hydrogens (primary N) is 2. The van der Waals surface area contributed by atoms with Gasteiger partial charge in [-0.1, -0.05) is 0 Å². The molecular weight excluding hydrogens is 204 g/mol. The second-order valence-electron chi connectivity index (χ2n) is 4.06. The van der Waals surface area contributed by atoms with Crippen LogP contribution in [0.25, 0.3) is 0 Å². The zero-order chi connectivity index (χ0) is 11.5. The molecule has 1 aliphatic rings. The number of nitrogens with zero attached hydrogens (tertiary/aromatic N) is 2. The molecule has 0 aromatic carbocycles. The van der Waals surface area contributed by atoms with Crippen LogP contribution in [0.5, 0.6) is 0 Å². The lowest BCUT2D eigenvalue weighted by Gasteiger charge is -2.31. The van der Waals surface area contributed by atoms with Crippen molar-refractivity contribution in [2.45, 2.75) is 18.9 Å². The molecular formula is C11H16N4O. The fourth-order valence-electron chi connectivity index (χ4n) is 1.95. The number of anilines is 1. The van der Waals surface area contributed by atoms with Gasteiger partial charge in [0.2, 0.25) is 0 Å². The molecule has 0 saturated carbocycles. The Kier molecular flexibility index (Phi) is 3.05. The van der Waals surface area contributed by atoms with Crippen molar-refractivity contribution in [2.75, 3.05) is 18.0 Å². The number of rotatable bonds is 2. The van der Waals surface area contributed by atoms with Crippen molar-refractivity contribution in [3.8, 4) is 0 Å². The van der Waals surface area contributed by atoms with E-state index >= 15 is 0 Å². The average Bonchev–Trinajstić information content (AvgIpc) is 2.30. The highest BCUT2D eigenvalue weighted by molar-refractivity contribution is 5.97. The second-order valence-corrected chi connectivity index (χ2v) is 4.06.